The largest absolute Gasteiger partial charge is 0.229 e. The molecule has 0 radical (unpaired) electrons. The standard InChI is InChI=1S/C10H21BrO2S/c1-4-14(12,13)6-5-10(8-11)7-9(2)3/h9-10H,4-8H2,1-3H3. The number of sulfone groups is 1. The number of hydrogen-bond acceptors (Lipinski definition) is 2. The van der Waals surface area contributed by atoms with Crippen molar-refractivity contribution in [1.82, 2.24) is 0 Å². The van der Waals surface area contributed by atoms with E-state index in [1.54, 1.807) is 6.92 Å². The summed E-state index contributed by atoms with van der Waals surface area (Å²) in [6, 6.07) is 0. The molecule has 0 heterocycles. The van der Waals surface area contributed by atoms with Crippen LogP contribution in [0.1, 0.15) is 33.6 Å². The van der Waals surface area contributed by atoms with E-state index in [4.69, 9.17) is 0 Å². The van der Waals surface area contributed by atoms with E-state index in [0.717, 1.165) is 18.2 Å². The fourth-order valence-electron chi connectivity index (χ4n) is 1.42. The lowest BCUT2D eigenvalue weighted by molar-refractivity contribution is 0.436. The molecule has 0 aromatic rings. The topological polar surface area (TPSA) is 34.1 Å². The molecule has 0 aliphatic rings. The Labute approximate surface area is 96.5 Å². The summed E-state index contributed by atoms with van der Waals surface area (Å²) in [4.78, 5) is 0. The maximum Gasteiger partial charge on any atom is 0.150 e. The summed E-state index contributed by atoms with van der Waals surface area (Å²) in [5.41, 5.74) is 0. The van der Waals surface area contributed by atoms with Gasteiger partial charge in [-0.2, -0.15) is 0 Å². The van der Waals surface area contributed by atoms with Gasteiger partial charge in [-0.25, -0.2) is 8.42 Å². The smallest absolute Gasteiger partial charge is 0.150 e. The first kappa shape index (κ1) is 14.4. The van der Waals surface area contributed by atoms with E-state index in [-0.39, 0.29) is 5.75 Å². The minimum atomic E-state index is -2.78. The summed E-state index contributed by atoms with van der Waals surface area (Å²) >= 11 is 3.44. The Balaban J connectivity index is 3.96. The molecule has 0 aromatic carbocycles. The third-order valence-corrected chi connectivity index (χ3v) is 4.95. The molecule has 0 aliphatic carbocycles. The van der Waals surface area contributed by atoms with Crippen molar-refractivity contribution in [3.63, 3.8) is 0 Å². The zero-order chi connectivity index (χ0) is 11.2. The maximum absolute atomic E-state index is 11.3. The normalized spacial score (nSPS) is 14.6. The molecular formula is C10H21BrO2S. The molecule has 0 aromatic heterocycles. The van der Waals surface area contributed by atoms with Crippen molar-refractivity contribution in [3.8, 4) is 0 Å². The minimum Gasteiger partial charge on any atom is -0.229 e. The number of halogens is 1. The van der Waals surface area contributed by atoms with E-state index < -0.39 is 9.84 Å². The summed E-state index contributed by atoms with van der Waals surface area (Å²) in [5, 5.41) is 0.907. The summed E-state index contributed by atoms with van der Waals surface area (Å²) in [5.74, 6) is 1.74. The third-order valence-electron chi connectivity index (χ3n) is 2.30. The second-order valence-electron chi connectivity index (χ2n) is 4.17. The molecule has 0 bridgehead atoms. The molecule has 1 unspecified atom stereocenters. The van der Waals surface area contributed by atoms with E-state index in [1.807, 2.05) is 0 Å². The molecule has 86 valence electrons. The molecule has 0 amide bonds. The van der Waals surface area contributed by atoms with Crippen LogP contribution in [0, 0.1) is 11.8 Å². The molecule has 0 spiro atoms. The van der Waals surface area contributed by atoms with Crippen LogP contribution in [0.4, 0.5) is 0 Å². The number of hydrogen-bond donors (Lipinski definition) is 0. The Morgan fingerprint density at radius 3 is 2.21 bits per heavy atom. The van der Waals surface area contributed by atoms with Crippen LogP contribution in [0.25, 0.3) is 0 Å². The molecule has 1 atom stereocenters. The highest BCUT2D eigenvalue weighted by Crippen LogP contribution is 2.18. The first-order valence-corrected chi connectivity index (χ1v) is 8.12. The van der Waals surface area contributed by atoms with E-state index in [2.05, 4.69) is 29.8 Å². The van der Waals surface area contributed by atoms with Crippen LogP contribution in [0.2, 0.25) is 0 Å². The molecule has 0 saturated carbocycles. The van der Waals surface area contributed by atoms with E-state index in [0.29, 0.717) is 17.6 Å². The predicted molar refractivity (Wildman–Crippen MR) is 65.7 cm³/mol. The molecule has 0 saturated heterocycles. The van der Waals surface area contributed by atoms with Gasteiger partial charge in [0.05, 0.1) is 5.75 Å². The summed E-state index contributed by atoms with van der Waals surface area (Å²) in [6.45, 7) is 6.05. The summed E-state index contributed by atoms with van der Waals surface area (Å²) < 4.78 is 22.6. The first-order chi connectivity index (χ1) is 6.41. The quantitative estimate of drug-likeness (QED) is 0.674. The molecule has 0 fully saturated rings. The van der Waals surface area contributed by atoms with Gasteiger partial charge in [-0.05, 0) is 24.7 Å². The van der Waals surface area contributed by atoms with Gasteiger partial charge in [0.1, 0.15) is 9.84 Å². The van der Waals surface area contributed by atoms with Crippen LogP contribution >= 0.6 is 15.9 Å². The van der Waals surface area contributed by atoms with Gasteiger partial charge in [0, 0.05) is 11.1 Å². The van der Waals surface area contributed by atoms with Crippen molar-refractivity contribution >= 4 is 25.8 Å². The Morgan fingerprint density at radius 2 is 1.86 bits per heavy atom. The Morgan fingerprint density at radius 1 is 1.29 bits per heavy atom. The highest BCUT2D eigenvalue weighted by molar-refractivity contribution is 9.09. The van der Waals surface area contributed by atoms with Crippen molar-refractivity contribution in [2.45, 2.75) is 33.6 Å². The van der Waals surface area contributed by atoms with Crippen LogP contribution in [0.15, 0.2) is 0 Å². The molecule has 0 aliphatic heterocycles. The molecule has 0 rings (SSSR count). The van der Waals surface area contributed by atoms with E-state index in [1.165, 1.54) is 0 Å². The maximum atomic E-state index is 11.3. The number of alkyl halides is 1. The van der Waals surface area contributed by atoms with Crippen molar-refractivity contribution < 1.29 is 8.42 Å². The second-order valence-corrected chi connectivity index (χ2v) is 7.30. The van der Waals surface area contributed by atoms with Crippen LogP contribution in [-0.4, -0.2) is 25.3 Å². The van der Waals surface area contributed by atoms with Gasteiger partial charge in [0.25, 0.3) is 0 Å². The molecular weight excluding hydrogens is 264 g/mol. The van der Waals surface area contributed by atoms with Crippen molar-refractivity contribution in [2.75, 3.05) is 16.8 Å². The predicted octanol–water partition coefficient (Wildman–Crippen LogP) is 2.87. The van der Waals surface area contributed by atoms with Crippen LogP contribution in [0.5, 0.6) is 0 Å². The van der Waals surface area contributed by atoms with Gasteiger partial charge in [-0.3, -0.25) is 0 Å². The molecule has 2 nitrogen and oxygen atoms in total. The van der Waals surface area contributed by atoms with Crippen LogP contribution in [-0.2, 0) is 9.84 Å². The van der Waals surface area contributed by atoms with Gasteiger partial charge in [-0.15, -0.1) is 0 Å². The third kappa shape index (κ3) is 6.82. The lowest BCUT2D eigenvalue weighted by Crippen LogP contribution is -2.15. The number of rotatable bonds is 7. The SMILES string of the molecule is CCS(=O)(=O)CCC(CBr)CC(C)C. The Kier molecular flexibility index (Phi) is 7.04. The van der Waals surface area contributed by atoms with E-state index >= 15 is 0 Å². The van der Waals surface area contributed by atoms with Gasteiger partial charge < -0.3 is 0 Å². The molecule has 14 heavy (non-hydrogen) atoms. The lowest BCUT2D eigenvalue weighted by Gasteiger charge is -2.15. The Hall–Kier alpha value is 0.430. The average Bonchev–Trinajstić information content (AvgIpc) is 2.12. The van der Waals surface area contributed by atoms with Crippen molar-refractivity contribution in [3.05, 3.63) is 0 Å². The molecule has 4 heteroatoms. The lowest BCUT2D eigenvalue weighted by atomic mass is 9.97. The average molecular weight is 285 g/mol. The second kappa shape index (κ2) is 6.83. The van der Waals surface area contributed by atoms with Crippen LogP contribution in [0.3, 0.4) is 0 Å². The van der Waals surface area contributed by atoms with E-state index in [9.17, 15) is 8.42 Å². The van der Waals surface area contributed by atoms with Crippen LogP contribution < -0.4 is 0 Å². The van der Waals surface area contributed by atoms with Gasteiger partial charge in [0.2, 0.25) is 0 Å². The first-order valence-electron chi connectivity index (χ1n) is 5.17. The van der Waals surface area contributed by atoms with Gasteiger partial charge in [0.15, 0.2) is 0 Å². The monoisotopic (exact) mass is 284 g/mol. The summed E-state index contributed by atoms with van der Waals surface area (Å²) in [6.07, 6.45) is 1.89. The van der Waals surface area contributed by atoms with Gasteiger partial charge >= 0.3 is 0 Å². The Bertz CT molecular complexity index is 235. The fraction of sp³-hybridized carbons (Fsp3) is 1.00. The summed E-state index contributed by atoms with van der Waals surface area (Å²) in [7, 11) is -2.78. The van der Waals surface area contributed by atoms with Crippen molar-refractivity contribution in [1.29, 1.82) is 0 Å². The van der Waals surface area contributed by atoms with Crippen molar-refractivity contribution in [2.24, 2.45) is 11.8 Å². The zero-order valence-electron chi connectivity index (χ0n) is 9.29. The fourth-order valence-corrected chi connectivity index (χ4v) is 2.98. The highest BCUT2D eigenvalue weighted by Gasteiger charge is 2.14. The van der Waals surface area contributed by atoms with Gasteiger partial charge in [-0.1, -0.05) is 36.7 Å². The zero-order valence-corrected chi connectivity index (χ0v) is 11.7. The molecule has 0 N–H and O–H groups in total. The highest BCUT2D eigenvalue weighted by atomic mass is 79.9. The minimum absolute atomic E-state index is 0.268.